The van der Waals surface area contributed by atoms with Crippen molar-refractivity contribution in [1.29, 1.82) is 0 Å². The maximum absolute atomic E-state index is 12.9. The van der Waals surface area contributed by atoms with Crippen LogP contribution in [0.4, 0.5) is 0 Å². The maximum atomic E-state index is 12.9. The summed E-state index contributed by atoms with van der Waals surface area (Å²) in [6.07, 6.45) is 4.26. The predicted octanol–water partition coefficient (Wildman–Crippen LogP) is 2.36. The first-order valence-corrected chi connectivity index (χ1v) is 9.70. The zero-order valence-corrected chi connectivity index (χ0v) is 16.6. The minimum atomic E-state index is -0.448. The third-order valence-corrected chi connectivity index (χ3v) is 5.88. The molecule has 3 heterocycles. The van der Waals surface area contributed by atoms with E-state index < -0.39 is 5.60 Å². The number of fused-ring (bicyclic) bond motifs is 1. The lowest BCUT2D eigenvalue weighted by Gasteiger charge is -2.42. The van der Waals surface area contributed by atoms with Gasteiger partial charge in [0.25, 0.3) is 5.91 Å². The van der Waals surface area contributed by atoms with Gasteiger partial charge >= 0.3 is 0 Å². The van der Waals surface area contributed by atoms with Gasteiger partial charge in [0.2, 0.25) is 5.91 Å². The van der Waals surface area contributed by atoms with Crippen molar-refractivity contribution in [1.82, 2.24) is 20.0 Å². The number of benzene rings is 1. The van der Waals surface area contributed by atoms with Crippen molar-refractivity contribution in [3.63, 3.8) is 0 Å². The number of carbonyl (C=O) groups is 2. The van der Waals surface area contributed by atoms with Gasteiger partial charge in [-0.3, -0.25) is 14.3 Å². The molecule has 2 aliphatic rings. The summed E-state index contributed by atoms with van der Waals surface area (Å²) in [4.78, 5) is 26.9. The van der Waals surface area contributed by atoms with E-state index in [0.717, 1.165) is 17.7 Å². The highest BCUT2D eigenvalue weighted by Gasteiger charge is 2.43. The lowest BCUT2D eigenvalue weighted by atomic mass is 9.82. The molecule has 1 saturated heterocycles. The second kappa shape index (κ2) is 6.96. The highest BCUT2D eigenvalue weighted by molar-refractivity contribution is 5.95. The Labute approximate surface area is 164 Å². The number of nitrogens with one attached hydrogen (secondary N) is 1. The van der Waals surface area contributed by atoms with E-state index in [2.05, 4.69) is 10.4 Å². The number of aromatic nitrogens is 2. The fourth-order valence-electron chi connectivity index (χ4n) is 4.26. The molecule has 2 aromatic rings. The van der Waals surface area contributed by atoms with Gasteiger partial charge in [-0.1, -0.05) is 18.2 Å². The normalized spacial score (nSPS) is 24.5. The van der Waals surface area contributed by atoms with E-state index in [1.54, 1.807) is 15.8 Å². The van der Waals surface area contributed by atoms with E-state index in [1.165, 1.54) is 0 Å². The number of carbonyl (C=O) groups excluding carboxylic acids is 2. The van der Waals surface area contributed by atoms with Gasteiger partial charge in [0.15, 0.2) is 0 Å². The van der Waals surface area contributed by atoms with Crippen LogP contribution in [-0.2, 0) is 11.8 Å². The molecule has 0 saturated carbocycles. The third-order valence-electron chi connectivity index (χ3n) is 5.88. The number of para-hydroxylation sites is 1. The van der Waals surface area contributed by atoms with E-state index in [9.17, 15) is 9.59 Å². The largest absolute Gasteiger partial charge is 0.487 e. The smallest absolute Gasteiger partial charge is 0.255 e. The van der Waals surface area contributed by atoms with E-state index in [1.807, 2.05) is 45.3 Å². The molecule has 0 radical (unpaired) electrons. The molecule has 148 valence electrons. The van der Waals surface area contributed by atoms with Crippen LogP contribution in [-0.4, -0.2) is 45.7 Å². The summed E-state index contributed by atoms with van der Waals surface area (Å²) >= 11 is 0. The van der Waals surface area contributed by atoms with Crippen LogP contribution >= 0.6 is 0 Å². The van der Waals surface area contributed by atoms with Crippen LogP contribution in [0.2, 0.25) is 0 Å². The fraction of sp³-hybridized carbons (Fsp3) is 0.476. The van der Waals surface area contributed by atoms with Crippen molar-refractivity contribution < 1.29 is 14.3 Å². The molecule has 2 amide bonds. The minimum Gasteiger partial charge on any atom is -0.487 e. The highest BCUT2D eigenvalue weighted by Crippen LogP contribution is 2.44. The second-order valence-electron chi connectivity index (χ2n) is 7.92. The Bertz CT molecular complexity index is 922. The lowest BCUT2D eigenvalue weighted by Crippen LogP contribution is -2.46. The number of hydrogen-bond acceptors (Lipinski definition) is 4. The number of likely N-dealkylation sites (tertiary alicyclic amines) is 1. The molecular weight excluding hydrogens is 356 g/mol. The van der Waals surface area contributed by atoms with Gasteiger partial charge in [0, 0.05) is 51.7 Å². The first-order chi connectivity index (χ1) is 13.4. The van der Waals surface area contributed by atoms with Gasteiger partial charge < -0.3 is 15.0 Å². The van der Waals surface area contributed by atoms with Crippen LogP contribution in [0.25, 0.3) is 0 Å². The van der Waals surface area contributed by atoms with Crippen molar-refractivity contribution in [2.24, 2.45) is 7.05 Å². The molecule has 7 heteroatoms. The Balaban J connectivity index is 1.63. The molecule has 1 spiro atoms. The standard InChI is InChI=1S/C21H26N4O3/c1-14-16(13-25(3)23-14)20(27)22-17-12-21(9-8-19(26)24(2)11-10-21)28-18-7-5-4-6-15(17)18/h4-7,13,17H,8-12H2,1-3H3,(H,22,27). The number of ether oxygens (including phenoxy) is 1. The number of amides is 2. The lowest BCUT2D eigenvalue weighted by molar-refractivity contribution is -0.129. The fourth-order valence-corrected chi connectivity index (χ4v) is 4.26. The minimum absolute atomic E-state index is 0.135. The van der Waals surface area contributed by atoms with Crippen LogP contribution in [0.3, 0.4) is 0 Å². The van der Waals surface area contributed by atoms with E-state index in [4.69, 9.17) is 4.74 Å². The average molecular weight is 382 g/mol. The van der Waals surface area contributed by atoms with Crippen molar-refractivity contribution >= 4 is 11.8 Å². The van der Waals surface area contributed by atoms with Gasteiger partial charge in [0.05, 0.1) is 17.3 Å². The van der Waals surface area contributed by atoms with E-state index in [-0.39, 0.29) is 17.9 Å². The third kappa shape index (κ3) is 3.37. The van der Waals surface area contributed by atoms with Gasteiger partial charge in [0.1, 0.15) is 11.4 Å². The molecule has 2 unspecified atom stereocenters. The van der Waals surface area contributed by atoms with Crippen LogP contribution in [0.15, 0.2) is 30.5 Å². The number of nitrogens with zero attached hydrogens (tertiary/aromatic N) is 3. The van der Waals surface area contributed by atoms with E-state index in [0.29, 0.717) is 37.1 Å². The molecule has 1 fully saturated rings. The molecule has 28 heavy (non-hydrogen) atoms. The Hall–Kier alpha value is -2.83. The van der Waals surface area contributed by atoms with Crippen LogP contribution < -0.4 is 10.1 Å². The summed E-state index contributed by atoms with van der Waals surface area (Å²) in [5.74, 6) is 0.800. The van der Waals surface area contributed by atoms with Crippen LogP contribution in [0, 0.1) is 6.92 Å². The molecule has 1 aromatic heterocycles. The summed E-state index contributed by atoms with van der Waals surface area (Å²) in [5.41, 5.74) is 1.82. The van der Waals surface area contributed by atoms with Crippen molar-refractivity contribution in [3.8, 4) is 5.75 Å². The molecule has 1 aromatic carbocycles. The zero-order valence-electron chi connectivity index (χ0n) is 16.6. The predicted molar refractivity (Wildman–Crippen MR) is 104 cm³/mol. The van der Waals surface area contributed by atoms with Crippen LogP contribution in [0.5, 0.6) is 5.75 Å². The molecule has 1 N–H and O–H groups in total. The van der Waals surface area contributed by atoms with Gasteiger partial charge in [-0.2, -0.15) is 5.10 Å². The Morgan fingerprint density at radius 3 is 2.82 bits per heavy atom. The summed E-state index contributed by atoms with van der Waals surface area (Å²) in [6, 6.07) is 7.67. The molecule has 0 bridgehead atoms. The highest BCUT2D eigenvalue weighted by atomic mass is 16.5. The second-order valence-corrected chi connectivity index (χ2v) is 7.92. The summed E-state index contributed by atoms with van der Waals surface area (Å²) in [5, 5.41) is 7.46. The first kappa shape index (κ1) is 18.5. The van der Waals surface area contributed by atoms with Crippen molar-refractivity contribution in [3.05, 3.63) is 47.3 Å². The van der Waals surface area contributed by atoms with Crippen LogP contribution in [0.1, 0.15) is 53.3 Å². The number of rotatable bonds is 2. The Morgan fingerprint density at radius 2 is 2.07 bits per heavy atom. The van der Waals surface area contributed by atoms with E-state index >= 15 is 0 Å². The molecule has 0 aliphatic carbocycles. The first-order valence-electron chi connectivity index (χ1n) is 9.70. The molecular formula is C21H26N4O3. The Morgan fingerprint density at radius 1 is 1.29 bits per heavy atom. The molecule has 7 nitrogen and oxygen atoms in total. The quantitative estimate of drug-likeness (QED) is 0.865. The van der Waals surface area contributed by atoms with Gasteiger partial charge in [-0.05, 0) is 19.4 Å². The topological polar surface area (TPSA) is 76.5 Å². The van der Waals surface area contributed by atoms with Crippen molar-refractivity contribution in [2.45, 2.75) is 44.2 Å². The van der Waals surface area contributed by atoms with Gasteiger partial charge in [-0.15, -0.1) is 0 Å². The van der Waals surface area contributed by atoms with Crippen molar-refractivity contribution in [2.75, 3.05) is 13.6 Å². The SMILES string of the molecule is Cc1nn(C)cc1C(=O)NC1CC2(CCC(=O)N(C)CC2)Oc2ccccc21. The molecule has 2 atom stereocenters. The summed E-state index contributed by atoms with van der Waals surface area (Å²) in [6.45, 7) is 2.49. The number of hydrogen-bond donors (Lipinski definition) is 1. The number of aryl methyl sites for hydroxylation is 2. The molecule has 2 aliphatic heterocycles. The van der Waals surface area contributed by atoms with Gasteiger partial charge in [-0.25, -0.2) is 0 Å². The summed E-state index contributed by atoms with van der Waals surface area (Å²) in [7, 11) is 3.64. The summed E-state index contributed by atoms with van der Waals surface area (Å²) < 4.78 is 8.08. The molecule has 4 rings (SSSR count). The maximum Gasteiger partial charge on any atom is 0.255 e. The average Bonchev–Trinajstić information content (AvgIpc) is 2.96. The zero-order chi connectivity index (χ0) is 19.9. The monoisotopic (exact) mass is 382 g/mol. The Kier molecular flexibility index (Phi) is 4.61.